The third-order valence-corrected chi connectivity index (χ3v) is 13.5. The molecule has 0 fully saturated rings. The van der Waals surface area contributed by atoms with Gasteiger partial charge in [-0.2, -0.15) is 0 Å². The molecule has 0 saturated heterocycles. The van der Waals surface area contributed by atoms with E-state index in [4.69, 9.17) is 4.43 Å². The van der Waals surface area contributed by atoms with Crippen molar-refractivity contribution in [2.24, 2.45) is 0 Å². The number of nitrogens with zero attached hydrogens (tertiary/aromatic N) is 1. The summed E-state index contributed by atoms with van der Waals surface area (Å²) in [6.07, 6.45) is 0.924. The van der Waals surface area contributed by atoms with Gasteiger partial charge in [-0.15, -0.1) is 0 Å². The normalized spacial score (nSPS) is 13.2. The van der Waals surface area contributed by atoms with Gasteiger partial charge in [0.1, 0.15) is 5.75 Å². The fraction of sp³-hybridized carbons (Fsp3) is 0.368. The molecule has 0 aliphatic rings. The van der Waals surface area contributed by atoms with Crippen LogP contribution in [0.4, 0.5) is 0 Å². The molecule has 0 saturated carbocycles. The van der Waals surface area contributed by atoms with Crippen LogP contribution in [0.15, 0.2) is 109 Å². The van der Waals surface area contributed by atoms with Crippen molar-refractivity contribution in [3.05, 3.63) is 126 Å². The summed E-state index contributed by atoms with van der Waals surface area (Å²) in [4.78, 5) is 2.53. The summed E-state index contributed by atoms with van der Waals surface area (Å²) >= 11 is 0. The summed E-state index contributed by atoms with van der Waals surface area (Å²) in [5.41, 5.74) is 3.28. The van der Waals surface area contributed by atoms with Crippen LogP contribution < -0.4 is 10.4 Å². The van der Waals surface area contributed by atoms with E-state index in [1.165, 1.54) is 15.9 Å². The molecule has 4 heteroatoms. The molecule has 4 aromatic rings. The van der Waals surface area contributed by atoms with Crippen molar-refractivity contribution < 1.29 is 9.53 Å². The van der Waals surface area contributed by atoms with E-state index in [0.29, 0.717) is 24.4 Å². The number of phenolic OH excluding ortho intramolecular Hbond substituents is 1. The van der Waals surface area contributed by atoms with E-state index in [2.05, 4.69) is 150 Å². The van der Waals surface area contributed by atoms with Crippen molar-refractivity contribution in [1.82, 2.24) is 4.90 Å². The SMILES string of the molecule is CC(C)N(CCC(c1ccccc1)c1cc(CO[Si](c2ccccc2)(c2ccccc2)C(C)(C)C)ccc1O)C(C)C. The van der Waals surface area contributed by atoms with Crippen molar-refractivity contribution in [2.75, 3.05) is 6.54 Å². The molecule has 0 amide bonds. The Balaban J connectivity index is 1.72. The number of phenols is 1. The first kappa shape index (κ1) is 31.7. The highest BCUT2D eigenvalue weighted by Crippen LogP contribution is 2.39. The Kier molecular flexibility index (Phi) is 10.5. The van der Waals surface area contributed by atoms with Crippen molar-refractivity contribution in [1.29, 1.82) is 0 Å². The number of hydrogen-bond donors (Lipinski definition) is 1. The predicted octanol–water partition coefficient (Wildman–Crippen LogP) is 8.11. The van der Waals surface area contributed by atoms with E-state index < -0.39 is 8.32 Å². The Morgan fingerprint density at radius 1 is 0.714 bits per heavy atom. The highest BCUT2D eigenvalue weighted by molar-refractivity contribution is 6.99. The minimum Gasteiger partial charge on any atom is -0.508 e. The molecule has 3 nitrogen and oxygen atoms in total. The summed E-state index contributed by atoms with van der Waals surface area (Å²) in [5.74, 6) is 0.428. The number of aromatic hydroxyl groups is 1. The Hall–Kier alpha value is -3.18. The van der Waals surface area contributed by atoms with Gasteiger partial charge in [-0.1, -0.05) is 118 Å². The molecule has 222 valence electrons. The Morgan fingerprint density at radius 3 is 1.69 bits per heavy atom. The molecular formula is C38H49NO2Si. The topological polar surface area (TPSA) is 32.7 Å². The summed E-state index contributed by atoms with van der Waals surface area (Å²) in [7, 11) is -2.68. The quantitative estimate of drug-likeness (QED) is 0.172. The summed E-state index contributed by atoms with van der Waals surface area (Å²) < 4.78 is 7.24. The molecule has 0 aromatic heterocycles. The van der Waals surface area contributed by atoms with Crippen LogP contribution in [0.5, 0.6) is 5.75 Å². The van der Waals surface area contributed by atoms with E-state index in [-0.39, 0.29) is 11.0 Å². The molecule has 0 heterocycles. The molecule has 0 radical (unpaired) electrons. The first-order valence-electron chi connectivity index (χ1n) is 15.4. The third kappa shape index (κ3) is 7.06. The molecule has 0 aliphatic heterocycles. The smallest absolute Gasteiger partial charge is 0.261 e. The maximum atomic E-state index is 11.2. The second-order valence-electron chi connectivity index (χ2n) is 13.0. The van der Waals surface area contributed by atoms with Gasteiger partial charge in [-0.3, -0.25) is 4.90 Å². The zero-order chi connectivity index (χ0) is 30.3. The molecule has 0 aliphatic carbocycles. The van der Waals surface area contributed by atoms with E-state index in [9.17, 15) is 5.11 Å². The predicted molar refractivity (Wildman–Crippen MR) is 180 cm³/mol. The number of hydrogen-bond acceptors (Lipinski definition) is 3. The lowest BCUT2D eigenvalue weighted by atomic mass is 9.86. The zero-order valence-electron chi connectivity index (χ0n) is 26.5. The van der Waals surface area contributed by atoms with Crippen molar-refractivity contribution in [2.45, 2.75) is 84.5 Å². The molecule has 0 bridgehead atoms. The van der Waals surface area contributed by atoms with Crippen LogP contribution in [0.2, 0.25) is 5.04 Å². The van der Waals surface area contributed by atoms with Crippen LogP contribution in [-0.2, 0) is 11.0 Å². The molecular weight excluding hydrogens is 531 g/mol. The second-order valence-corrected chi connectivity index (χ2v) is 17.3. The van der Waals surface area contributed by atoms with Crippen LogP contribution in [0.25, 0.3) is 0 Å². The van der Waals surface area contributed by atoms with Crippen molar-refractivity contribution >= 4 is 18.7 Å². The average molecular weight is 580 g/mol. The van der Waals surface area contributed by atoms with Gasteiger partial charge in [0.15, 0.2) is 0 Å². The molecule has 4 rings (SSSR count). The van der Waals surface area contributed by atoms with Crippen LogP contribution >= 0.6 is 0 Å². The second kappa shape index (κ2) is 13.9. The van der Waals surface area contributed by atoms with Gasteiger partial charge < -0.3 is 9.53 Å². The van der Waals surface area contributed by atoms with E-state index in [1.54, 1.807) is 0 Å². The van der Waals surface area contributed by atoms with Gasteiger partial charge in [0.2, 0.25) is 0 Å². The fourth-order valence-electron chi connectivity index (χ4n) is 6.50. The highest BCUT2D eigenvalue weighted by atomic mass is 28.4. The lowest BCUT2D eigenvalue weighted by molar-refractivity contribution is 0.170. The molecule has 1 unspecified atom stereocenters. The lowest BCUT2D eigenvalue weighted by Crippen LogP contribution is -2.66. The molecule has 4 aromatic carbocycles. The lowest BCUT2D eigenvalue weighted by Gasteiger charge is -2.43. The van der Waals surface area contributed by atoms with Gasteiger partial charge in [0, 0.05) is 23.6 Å². The Morgan fingerprint density at radius 2 is 1.21 bits per heavy atom. The first-order valence-corrected chi connectivity index (χ1v) is 17.3. The van der Waals surface area contributed by atoms with Gasteiger partial charge >= 0.3 is 0 Å². The molecule has 0 spiro atoms. The van der Waals surface area contributed by atoms with Crippen molar-refractivity contribution in [3.8, 4) is 5.75 Å². The van der Waals surface area contributed by atoms with Crippen LogP contribution in [0.3, 0.4) is 0 Å². The fourth-order valence-corrected chi connectivity index (χ4v) is 11.0. The van der Waals surface area contributed by atoms with Crippen LogP contribution in [0, 0.1) is 0 Å². The molecule has 1 atom stereocenters. The minimum absolute atomic E-state index is 0.0824. The minimum atomic E-state index is -2.68. The first-order chi connectivity index (χ1) is 20.0. The average Bonchev–Trinajstić information content (AvgIpc) is 2.97. The van der Waals surface area contributed by atoms with E-state index in [1.807, 2.05) is 12.1 Å². The van der Waals surface area contributed by atoms with Gasteiger partial charge in [-0.25, -0.2) is 0 Å². The maximum Gasteiger partial charge on any atom is 0.261 e. The van der Waals surface area contributed by atoms with Gasteiger partial charge in [0.25, 0.3) is 8.32 Å². The molecule has 42 heavy (non-hydrogen) atoms. The third-order valence-electron chi connectivity index (χ3n) is 8.54. The number of benzene rings is 4. The van der Waals surface area contributed by atoms with E-state index in [0.717, 1.165) is 24.1 Å². The summed E-state index contributed by atoms with van der Waals surface area (Å²) in [6, 6.07) is 39.2. The Bertz CT molecular complexity index is 1330. The van der Waals surface area contributed by atoms with Gasteiger partial charge in [0.05, 0.1) is 6.61 Å². The largest absolute Gasteiger partial charge is 0.508 e. The highest BCUT2D eigenvalue weighted by Gasteiger charge is 2.50. The summed E-state index contributed by atoms with van der Waals surface area (Å²) in [6.45, 7) is 17.4. The van der Waals surface area contributed by atoms with Crippen molar-refractivity contribution in [3.63, 3.8) is 0 Å². The van der Waals surface area contributed by atoms with E-state index >= 15 is 0 Å². The molecule has 1 N–H and O–H groups in total. The Labute approximate surface area is 255 Å². The summed E-state index contributed by atoms with van der Waals surface area (Å²) in [5, 5.41) is 13.7. The monoisotopic (exact) mass is 579 g/mol. The number of rotatable bonds is 12. The zero-order valence-corrected chi connectivity index (χ0v) is 27.5. The van der Waals surface area contributed by atoms with Gasteiger partial charge in [-0.05, 0) is 79.3 Å². The van der Waals surface area contributed by atoms with Crippen LogP contribution in [0.1, 0.15) is 77.5 Å². The standard InChI is InChI=1S/C38H49NO2Si/c1-29(2)39(30(3)4)26-25-35(32-17-11-8-12-18-32)36-27-31(23-24-37(36)40)28-41-42(38(5,6)7,33-19-13-9-14-20-33)34-21-15-10-16-22-34/h8-24,27,29-30,35,40H,25-26,28H2,1-7H3. The maximum absolute atomic E-state index is 11.2. The van der Waals surface area contributed by atoms with Crippen LogP contribution in [-0.4, -0.2) is 37.0 Å².